The van der Waals surface area contributed by atoms with E-state index < -0.39 is 0 Å². The fourth-order valence-corrected chi connectivity index (χ4v) is 1.68. The van der Waals surface area contributed by atoms with E-state index in [9.17, 15) is 4.79 Å². The summed E-state index contributed by atoms with van der Waals surface area (Å²) in [6, 6.07) is 0. The molecule has 1 atom stereocenters. The standard InChI is InChI=1S/C9H16N4O/c1-7(2)8-5-9(14)13(6-8)4-3-11-12-10/h7-8H,3-6H2,1-2H3. The van der Waals surface area contributed by atoms with E-state index in [0.717, 1.165) is 6.54 Å². The summed E-state index contributed by atoms with van der Waals surface area (Å²) in [5, 5.41) is 3.43. The quantitative estimate of drug-likeness (QED) is 0.384. The number of amides is 1. The van der Waals surface area contributed by atoms with Gasteiger partial charge in [-0.25, -0.2) is 0 Å². The molecule has 0 spiro atoms. The fourth-order valence-electron chi connectivity index (χ4n) is 1.68. The van der Waals surface area contributed by atoms with Gasteiger partial charge in [-0.2, -0.15) is 0 Å². The zero-order valence-electron chi connectivity index (χ0n) is 8.68. The third-order valence-corrected chi connectivity index (χ3v) is 2.72. The van der Waals surface area contributed by atoms with Crippen molar-refractivity contribution in [3.05, 3.63) is 10.4 Å². The summed E-state index contributed by atoms with van der Waals surface area (Å²) in [5.74, 6) is 1.20. The van der Waals surface area contributed by atoms with E-state index in [1.807, 2.05) is 0 Å². The van der Waals surface area contributed by atoms with Gasteiger partial charge in [0.05, 0.1) is 0 Å². The molecule has 0 N–H and O–H groups in total. The monoisotopic (exact) mass is 196 g/mol. The van der Waals surface area contributed by atoms with Gasteiger partial charge in [-0.1, -0.05) is 19.0 Å². The van der Waals surface area contributed by atoms with Crippen LogP contribution in [0.5, 0.6) is 0 Å². The van der Waals surface area contributed by atoms with Gasteiger partial charge in [-0.3, -0.25) is 4.79 Å². The molecule has 0 aromatic rings. The predicted octanol–water partition coefficient (Wildman–Crippen LogP) is 1.80. The molecule has 1 rings (SSSR count). The Morgan fingerprint density at radius 2 is 2.43 bits per heavy atom. The SMILES string of the molecule is CC(C)C1CC(=O)N(CCN=[N+]=[N-])C1. The normalized spacial score (nSPS) is 21.5. The van der Waals surface area contributed by atoms with Gasteiger partial charge in [0.1, 0.15) is 0 Å². The molecule has 1 unspecified atom stereocenters. The number of rotatable bonds is 4. The van der Waals surface area contributed by atoms with Gasteiger partial charge in [0.15, 0.2) is 0 Å². The molecule has 1 fully saturated rings. The van der Waals surface area contributed by atoms with Crippen molar-refractivity contribution in [3.8, 4) is 0 Å². The van der Waals surface area contributed by atoms with Gasteiger partial charge >= 0.3 is 0 Å². The number of carbonyl (C=O) groups is 1. The third-order valence-electron chi connectivity index (χ3n) is 2.72. The van der Waals surface area contributed by atoms with Crippen molar-refractivity contribution in [3.63, 3.8) is 0 Å². The largest absolute Gasteiger partial charge is 0.342 e. The average molecular weight is 196 g/mol. The average Bonchev–Trinajstić information content (AvgIpc) is 2.49. The molecule has 5 heteroatoms. The highest BCUT2D eigenvalue weighted by molar-refractivity contribution is 5.78. The molecule has 0 aromatic carbocycles. The molecule has 5 nitrogen and oxygen atoms in total. The lowest BCUT2D eigenvalue weighted by Gasteiger charge is -2.16. The highest BCUT2D eigenvalue weighted by atomic mass is 16.2. The molecule has 0 radical (unpaired) electrons. The van der Waals surface area contributed by atoms with E-state index in [1.165, 1.54) is 0 Å². The Balaban J connectivity index is 2.40. The number of hydrogen-bond donors (Lipinski definition) is 0. The Bertz CT molecular complexity index is 258. The Kier molecular flexibility index (Phi) is 3.77. The third kappa shape index (κ3) is 2.64. The molecule has 14 heavy (non-hydrogen) atoms. The summed E-state index contributed by atoms with van der Waals surface area (Å²) >= 11 is 0. The topological polar surface area (TPSA) is 69.1 Å². The molecule has 1 aliphatic rings. The summed E-state index contributed by atoms with van der Waals surface area (Å²) in [7, 11) is 0. The molecule has 1 saturated heterocycles. The molecule has 1 heterocycles. The smallest absolute Gasteiger partial charge is 0.222 e. The fraction of sp³-hybridized carbons (Fsp3) is 0.889. The summed E-state index contributed by atoms with van der Waals surface area (Å²) in [6.45, 7) is 6.03. The van der Waals surface area contributed by atoms with Crippen LogP contribution < -0.4 is 0 Å². The first-order valence-electron chi connectivity index (χ1n) is 4.93. The zero-order valence-corrected chi connectivity index (χ0v) is 8.68. The lowest BCUT2D eigenvalue weighted by Crippen LogP contribution is -2.28. The summed E-state index contributed by atoms with van der Waals surface area (Å²) < 4.78 is 0. The van der Waals surface area contributed by atoms with E-state index in [2.05, 4.69) is 23.9 Å². The number of hydrogen-bond acceptors (Lipinski definition) is 2. The highest BCUT2D eigenvalue weighted by Gasteiger charge is 2.30. The number of carbonyl (C=O) groups excluding carboxylic acids is 1. The van der Waals surface area contributed by atoms with E-state index in [4.69, 9.17) is 5.53 Å². The summed E-state index contributed by atoms with van der Waals surface area (Å²) in [5.41, 5.74) is 8.10. The van der Waals surface area contributed by atoms with E-state index in [-0.39, 0.29) is 5.91 Å². The van der Waals surface area contributed by atoms with Crippen LogP contribution in [0.3, 0.4) is 0 Å². The Morgan fingerprint density at radius 3 is 2.93 bits per heavy atom. The van der Waals surface area contributed by atoms with Crippen LogP contribution in [0, 0.1) is 11.8 Å². The molecule has 1 amide bonds. The van der Waals surface area contributed by atoms with E-state index in [1.54, 1.807) is 4.90 Å². The van der Waals surface area contributed by atoms with Crippen LogP contribution in [0.15, 0.2) is 5.11 Å². The van der Waals surface area contributed by atoms with Crippen molar-refractivity contribution < 1.29 is 4.79 Å². The van der Waals surface area contributed by atoms with E-state index in [0.29, 0.717) is 31.3 Å². The lowest BCUT2D eigenvalue weighted by atomic mass is 9.95. The van der Waals surface area contributed by atoms with Crippen molar-refractivity contribution >= 4 is 5.91 Å². The maximum absolute atomic E-state index is 11.5. The van der Waals surface area contributed by atoms with Crippen LogP contribution in [-0.2, 0) is 4.79 Å². The Morgan fingerprint density at radius 1 is 1.71 bits per heavy atom. The van der Waals surface area contributed by atoms with Crippen molar-refractivity contribution in [2.75, 3.05) is 19.6 Å². The van der Waals surface area contributed by atoms with Crippen molar-refractivity contribution in [1.82, 2.24) is 4.90 Å². The minimum absolute atomic E-state index is 0.192. The van der Waals surface area contributed by atoms with Crippen LogP contribution in [0.2, 0.25) is 0 Å². The first-order chi connectivity index (χ1) is 6.65. The van der Waals surface area contributed by atoms with Crippen LogP contribution in [0.4, 0.5) is 0 Å². The zero-order chi connectivity index (χ0) is 10.6. The Labute approximate surface area is 83.7 Å². The first-order valence-corrected chi connectivity index (χ1v) is 4.93. The van der Waals surface area contributed by atoms with Gasteiger partial charge in [0.2, 0.25) is 5.91 Å². The van der Waals surface area contributed by atoms with Gasteiger partial charge in [0.25, 0.3) is 0 Å². The van der Waals surface area contributed by atoms with Crippen molar-refractivity contribution in [2.45, 2.75) is 20.3 Å². The second-order valence-electron chi connectivity index (χ2n) is 4.00. The van der Waals surface area contributed by atoms with Crippen LogP contribution in [0.25, 0.3) is 10.4 Å². The lowest BCUT2D eigenvalue weighted by molar-refractivity contribution is -0.127. The van der Waals surface area contributed by atoms with Gasteiger partial charge in [-0.15, -0.1) is 0 Å². The second kappa shape index (κ2) is 4.86. The summed E-state index contributed by atoms with van der Waals surface area (Å²) in [4.78, 5) is 15.9. The molecule has 0 aromatic heterocycles. The minimum Gasteiger partial charge on any atom is -0.342 e. The maximum atomic E-state index is 11.5. The molecular weight excluding hydrogens is 180 g/mol. The number of azide groups is 1. The van der Waals surface area contributed by atoms with Crippen LogP contribution in [0.1, 0.15) is 20.3 Å². The minimum atomic E-state index is 0.192. The van der Waals surface area contributed by atoms with Gasteiger partial charge in [0, 0.05) is 31.0 Å². The summed E-state index contributed by atoms with van der Waals surface area (Å²) in [6.07, 6.45) is 0.647. The van der Waals surface area contributed by atoms with Crippen molar-refractivity contribution in [1.29, 1.82) is 0 Å². The second-order valence-corrected chi connectivity index (χ2v) is 4.00. The van der Waals surface area contributed by atoms with Crippen LogP contribution >= 0.6 is 0 Å². The molecule has 78 valence electrons. The molecule has 0 saturated carbocycles. The molecule has 0 bridgehead atoms. The number of nitrogens with zero attached hydrogens (tertiary/aromatic N) is 4. The molecular formula is C9H16N4O. The van der Waals surface area contributed by atoms with Gasteiger partial charge in [-0.05, 0) is 17.4 Å². The molecule has 0 aliphatic carbocycles. The predicted molar refractivity (Wildman–Crippen MR) is 53.5 cm³/mol. The van der Waals surface area contributed by atoms with E-state index >= 15 is 0 Å². The Hall–Kier alpha value is -1.22. The molecule has 1 aliphatic heterocycles. The van der Waals surface area contributed by atoms with Crippen LogP contribution in [-0.4, -0.2) is 30.4 Å². The maximum Gasteiger partial charge on any atom is 0.222 e. The highest BCUT2D eigenvalue weighted by Crippen LogP contribution is 2.24. The first kappa shape index (κ1) is 10.9. The van der Waals surface area contributed by atoms with Crippen molar-refractivity contribution in [2.24, 2.45) is 17.0 Å². The van der Waals surface area contributed by atoms with Gasteiger partial charge < -0.3 is 4.90 Å². The number of likely N-dealkylation sites (tertiary alicyclic amines) is 1.